The van der Waals surface area contributed by atoms with Crippen molar-refractivity contribution in [3.8, 4) is 0 Å². The van der Waals surface area contributed by atoms with Gasteiger partial charge in [-0.15, -0.1) is 0 Å². The van der Waals surface area contributed by atoms with Gasteiger partial charge >= 0.3 is 0 Å². The lowest BCUT2D eigenvalue weighted by Crippen LogP contribution is -2.64. The first-order valence-electron chi connectivity index (χ1n) is 15.1. The third-order valence-electron chi connectivity index (χ3n) is 8.19. The largest absolute Gasteiger partial charge is 0.368 e. The topological polar surface area (TPSA) is 86.4 Å². The maximum Gasteiger partial charge on any atom is 0.187 e. The summed E-state index contributed by atoms with van der Waals surface area (Å²) in [6.07, 6.45) is -4.35. The third-order valence-corrected chi connectivity index (χ3v) is 8.19. The third kappa shape index (κ3) is 6.71. The van der Waals surface area contributed by atoms with Gasteiger partial charge in [0.25, 0.3) is 0 Å². The molecule has 10 unspecified atom stereocenters. The second-order valence-electron chi connectivity index (χ2n) is 11.1. The molecule has 0 spiro atoms. The quantitative estimate of drug-likeness (QED) is 0.299. The van der Waals surface area contributed by atoms with Crippen molar-refractivity contribution in [2.75, 3.05) is 19.8 Å². The average molecular weight is 591 g/mol. The summed E-state index contributed by atoms with van der Waals surface area (Å²) in [4.78, 5) is 0. The number of hydrogen-bond donors (Lipinski definition) is 0. The molecule has 3 aromatic rings. The van der Waals surface area contributed by atoms with Crippen molar-refractivity contribution < 1.29 is 42.6 Å². The zero-order chi connectivity index (χ0) is 29.0. The Kier molecular flexibility index (Phi) is 9.13. The average Bonchev–Trinajstić information content (AvgIpc) is 3.87. The molecule has 0 saturated carbocycles. The smallest absolute Gasteiger partial charge is 0.187 e. The standard InChI is InChI=1S/C34H38O9/c1-2-35-33-31-28(42-31)26(21-39-33)41-34-30(37-19-23-14-8-4-9-15-23)29(36-18-22-12-6-3-7-13-22)27-25(40-34)20-38-32(43-27)24-16-10-5-11-17-24/h3-17,25-34H,2,18-21H2,1H3. The summed E-state index contributed by atoms with van der Waals surface area (Å²) in [6, 6.07) is 30.0. The van der Waals surface area contributed by atoms with Crippen LogP contribution in [-0.4, -0.2) is 75.1 Å². The molecule has 0 amide bonds. The van der Waals surface area contributed by atoms with Gasteiger partial charge in [-0.2, -0.15) is 0 Å². The van der Waals surface area contributed by atoms with Gasteiger partial charge in [0.1, 0.15) is 42.7 Å². The Morgan fingerprint density at radius 1 is 0.605 bits per heavy atom. The number of rotatable bonds is 11. The molecule has 228 valence electrons. The first-order chi connectivity index (χ1) is 21.3. The van der Waals surface area contributed by atoms with E-state index >= 15 is 0 Å². The van der Waals surface area contributed by atoms with Crippen molar-refractivity contribution in [1.29, 1.82) is 0 Å². The highest BCUT2D eigenvalue weighted by Gasteiger charge is 2.58. The molecule has 43 heavy (non-hydrogen) atoms. The summed E-state index contributed by atoms with van der Waals surface area (Å²) in [6.45, 7) is 3.86. The van der Waals surface area contributed by atoms with E-state index in [-0.39, 0.29) is 24.6 Å². The summed E-state index contributed by atoms with van der Waals surface area (Å²) in [7, 11) is 0. The van der Waals surface area contributed by atoms with E-state index in [1.807, 2.05) is 97.9 Å². The van der Waals surface area contributed by atoms with E-state index in [2.05, 4.69) is 0 Å². The van der Waals surface area contributed by atoms with Crippen LogP contribution in [0, 0.1) is 0 Å². The Hall–Kier alpha value is -2.70. The van der Waals surface area contributed by atoms with Crippen LogP contribution in [0.5, 0.6) is 0 Å². The summed E-state index contributed by atoms with van der Waals surface area (Å²) in [5.41, 5.74) is 3.02. The fraction of sp³-hybridized carbons (Fsp3) is 0.471. The number of epoxide rings is 1. The molecule has 4 heterocycles. The highest BCUT2D eigenvalue weighted by molar-refractivity contribution is 5.17. The lowest BCUT2D eigenvalue weighted by molar-refractivity contribution is -0.380. The van der Waals surface area contributed by atoms with Crippen molar-refractivity contribution in [3.63, 3.8) is 0 Å². The minimum absolute atomic E-state index is 0.133. The first kappa shape index (κ1) is 29.0. The molecule has 0 aromatic heterocycles. The molecule has 4 fully saturated rings. The zero-order valence-corrected chi connectivity index (χ0v) is 24.1. The van der Waals surface area contributed by atoms with Crippen molar-refractivity contribution in [2.45, 2.75) is 81.7 Å². The molecule has 7 rings (SSSR count). The van der Waals surface area contributed by atoms with Crippen LogP contribution in [0.25, 0.3) is 0 Å². The Labute approximate surface area is 251 Å². The molecule has 3 aromatic carbocycles. The Morgan fingerprint density at radius 2 is 1.26 bits per heavy atom. The molecule has 0 radical (unpaired) electrons. The zero-order valence-electron chi connectivity index (χ0n) is 24.1. The second kappa shape index (κ2) is 13.5. The van der Waals surface area contributed by atoms with Gasteiger partial charge in [0.15, 0.2) is 18.9 Å². The number of fused-ring (bicyclic) bond motifs is 2. The molecule has 9 nitrogen and oxygen atoms in total. The monoisotopic (exact) mass is 590 g/mol. The van der Waals surface area contributed by atoms with Gasteiger partial charge in [-0.1, -0.05) is 91.0 Å². The van der Waals surface area contributed by atoms with Gasteiger partial charge in [-0.25, -0.2) is 0 Å². The summed E-state index contributed by atoms with van der Waals surface area (Å²) in [5.74, 6) is 0. The lowest BCUT2D eigenvalue weighted by atomic mass is 9.96. The maximum atomic E-state index is 6.68. The van der Waals surface area contributed by atoms with Crippen molar-refractivity contribution in [1.82, 2.24) is 0 Å². The molecule has 4 saturated heterocycles. The maximum absolute atomic E-state index is 6.68. The van der Waals surface area contributed by atoms with Gasteiger partial charge in [-0.05, 0) is 18.1 Å². The van der Waals surface area contributed by atoms with E-state index in [0.29, 0.717) is 33.0 Å². The summed E-state index contributed by atoms with van der Waals surface area (Å²) >= 11 is 0. The number of hydrogen-bond acceptors (Lipinski definition) is 9. The highest BCUT2D eigenvalue weighted by Crippen LogP contribution is 2.41. The van der Waals surface area contributed by atoms with Gasteiger partial charge in [-0.3, -0.25) is 0 Å². The van der Waals surface area contributed by atoms with Crippen LogP contribution in [0.1, 0.15) is 29.9 Å². The van der Waals surface area contributed by atoms with E-state index in [1.165, 1.54) is 0 Å². The van der Waals surface area contributed by atoms with Crippen LogP contribution in [0.15, 0.2) is 91.0 Å². The number of benzene rings is 3. The second-order valence-corrected chi connectivity index (χ2v) is 11.1. The molecule has 4 aliphatic rings. The summed E-state index contributed by atoms with van der Waals surface area (Å²) in [5, 5.41) is 0. The van der Waals surface area contributed by atoms with E-state index in [9.17, 15) is 0 Å². The Bertz CT molecular complexity index is 1280. The molecular weight excluding hydrogens is 552 g/mol. The molecule has 10 atom stereocenters. The molecule has 9 heteroatoms. The van der Waals surface area contributed by atoms with Crippen molar-refractivity contribution in [3.05, 3.63) is 108 Å². The molecule has 0 aliphatic carbocycles. The predicted octanol–water partition coefficient (Wildman–Crippen LogP) is 4.54. The normalized spacial score (nSPS) is 35.1. The lowest BCUT2D eigenvalue weighted by Gasteiger charge is -2.49. The molecule has 4 aliphatic heterocycles. The van der Waals surface area contributed by atoms with E-state index in [1.54, 1.807) is 0 Å². The van der Waals surface area contributed by atoms with Crippen LogP contribution < -0.4 is 0 Å². The molecule has 0 N–H and O–H groups in total. The minimum atomic E-state index is -0.770. The minimum Gasteiger partial charge on any atom is -0.368 e. The van der Waals surface area contributed by atoms with Crippen LogP contribution in [0.4, 0.5) is 0 Å². The van der Waals surface area contributed by atoms with Gasteiger partial charge in [0.2, 0.25) is 0 Å². The van der Waals surface area contributed by atoms with Gasteiger partial charge < -0.3 is 42.6 Å². The van der Waals surface area contributed by atoms with Crippen LogP contribution >= 0.6 is 0 Å². The van der Waals surface area contributed by atoms with Gasteiger partial charge in [0.05, 0.1) is 26.4 Å². The first-order valence-corrected chi connectivity index (χ1v) is 15.1. The highest BCUT2D eigenvalue weighted by atomic mass is 16.8. The fourth-order valence-electron chi connectivity index (χ4n) is 5.96. The number of ether oxygens (including phenoxy) is 9. The summed E-state index contributed by atoms with van der Waals surface area (Å²) < 4.78 is 56.8. The fourth-order valence-corrected chi connectivity index (χ4v) is 5.96. The van der Waals surface area contributed by atoms with Crippen molar-refractivity contribution >= 4 is 0 Å². The Morgan fingerprint density at radius 3 is 1.93 bits per heavy atom. The van der Waals surface area contributed by atoms with Crippen LogP contribution in [0.3, 0.4) is 0 Å². The molecule has 0 bridgehead atoms. The Balaban J connectivity index is 1.15. The van der Waals surface area contributed by atoms with E-state index in [4.69, 9.17) is 42.6 Å². The SMILES string of the molecule is CCOC1OCC(OC2OC3COC(c4ccccc4)OC3C(OCc3ccccc3)C2OCc2ccccc2)C2OC12. The molecular formula is C34H38O9. The van der Waals surface area contributed by atoms with Crippen LogP contribution in [-0.2, 0) is 55.8 Å². The van der Waals surface area contributed by atoms with E-state index in [0.717, 1.165) is 16.7 Å². The van der Waals surface area contributed by atoms with Crippen molar-refractivity contribution in [2.24, 2.45) is 0 Å². The predicted molar refractivity (Wildman–Crippen MR) is 154 cm³/mol. The van der Waals surface area contributed by atoms with E-state index < -0.39 is 37.0 Å². The van der Waals surface area contributed by atoms with Gasteiger partial charge in [0, 0.05) is 12.2 Å². The van der Waals surface area contributed by atoms with Crippen LogP contribution in [0.2, 0.25) is 0 Å².